The minimum absolute atomic E-state index is 0.276. The molecule has 2 aromatic carbocycles. The molecule has 94 valence electrons. The van der Waals surface area contributed by atoms with Crippen LogP contribution < -0.4 is 4.90 Å². The molecular formula is C15H11NO3. The van der Waals surface area contributed by atoms with E-state index in [0.29, 0.717) is 22.4 Å². The molecule has 0 aromatic heterocycles. The zero-order chi connectivity index (χ0) is 13.2. The number of carbonyl (C=O) groups is 1. The molecule has 2 aromatic rings. The van der Waals surface area contributed by atoms with E-state index in [4.69, 9.17) is 0 Å². The Kier molecular flexibility index (Phi) is 1.82. The second-order valence-corrected chi connectivity index (χ2v) is 4.87. The van der Waals surface area contributed by atoms with Crippen LogP contribution in [0.4, 0.5) is 5.69 Å². The summed E-state index contributed by atoms with van der Waals surface area (Å²) < 4.78 is 0. The van der Waals surface area contributed by atoms with E-state index in [1.54, 1.807) is 48.5 Å². The largest absolute Gasteiger partial charge is 0.383 e. The van der Waals surface area contributed by atoms with Gasteiger partial charge in [0.2, 0.25) is 5.72 Å². The van der Waals surface area contributed by atoms with Gasteiger partial charge >= 0.3 is 0 Å². The molecule has 0 saturated heterocycles. The Bertz CT molecular complexity index is 712. The summed E-state index contributed by atoms with van der Waals surface area (Å²) in [5, 5.41) is 21.3. The highest BCUT2D eigenvalue weighted by atomic mass is 16.4. The fraction of sp³-hybridized carbons (Fsp3) is 0.133. The zero-order valence-electron chi connectivity index (χ0n) is 9.95. The Balaban J connectivity index is 2.05. The van der Waals surface area contributed by atoms with Gasteiger partial charge in [-0.25, -0.2) is 0 Å². The number of para-hydroxylation sites is 1. The van der Waals surface area contributed by atoms with Crippen LogP contribution in [0.1, 0.15) is 27.6 Å². The highest BCUT2D eigenvalue weighted by Gasteiger charge is 2.59. The van der Waals surface area contributed by atoms with Gasteiger partial charge in [-0.1, -0.05) is 36.4 Å². The maximum absolute atomic E-state index is 12.4. The number of hydrogen-bond donors (Lipinski definition) is 2. The van der Waals surface area contributed by atoms with Gasteiger partial charge in [0.15, 0.2) is 0 Å². The number of amides is 1. The van der Waals surface area contributed by atoms with Crippen molar-refractivity contribution in [2.45, 2.75) is 11.8 Å². The van der Waals surface area contributed by atoms with Crippen LogP contribution in [0.2, 0.25) is 0 Å². The zero-order valence-corrected chi connectivity index (χ0v) is 9.95. The van der Waals surface area contributed by atoms with Crippen LogP contribution >= 0.6 is 0 Å². The summed E-state index contributed by atoms with van der Waals surface area (Å²) in [6.07, 6.45) is -1.13. The Morgan fingerprint density at radius 3 is 2.58 bits per heavy atom. The standard InChI is InChI=1S/C15H11NO3/c17-13-10-6-2-4-8-12(10)16-14(18)9-5-1-3-7-11(9)15(13,16)19/h1-8,13,17,19H. The summed E-state index contributed by atoms with van der Waals surface area (Å²) in [5.74, 6) is -0.276. The Hall–Kier alpha value is -2.17. The molecule has 4 heteroatoms. The Morgan fingerprint density at radius 2 is 1.74 bits per heavy atom. The van der Waals surface area contributed by atoms with E-state index in [9.17, 15) is 15.0 Å². The number of hydrogen-bond acceptors (Lipinski definition) is 3. The number of benzene rings is 2. The predicted molar refractivity (Wildman–Crippen MR) is 68.6 cm³/mol. The molecule has 2 unspecified atom stereocenters. The van der Waals surface area contributed by atoms with Gasteiger partial charge in [0.25, 0.3) is 5.91 Å². The minimum atomic E-state index is -1.68. The average molecular weight is 253 g/mol. The first-order chi connectivity index (χ1) is 9.15. The summed E-state index contributed by atoms with van der Waals surface area (Å²) in [5.41, 5.74) is 0.367. The van der Waals surface area contributed by atoms with Crippen molar-refractivity contribution in [2.24, 2.45) is 0 Å². The van der Waals surface area contributed by atoms with E-state index in [0.717, 1.165) is 0 Å². The Labute approximate surface area is 109 Å². The van der Waals surface area contributed by atoms with E-state index in [1.165, 1.54) is 4.90 Å². The van der Waals surface area contributed by atoms with E-state index in [-0.39, 0.29) is 5.91 Å². The first kappa shape index (κ1) is 10.7. The normalized spacial score (nSPS) is 27.2. The molecule has 4 rings (SSSR count). The van der Waals surface area contributed by atoms with Crippen molar-refractivity contribution in [1.82, 2.24) is 0 Å². The molecule has 2 atom stereocenters. The number of nitrogens with zero attached hydrogens (tertiary/aromatic N) is 1. The molecule has 0 spiro atoms. The van der Waals surface area contributed by atoms with Crippen LogP contribution in [0, 0.1) is 0 Å². The van der Waals surface area contributed by atoms with Gasteiger partial charge < -0.3 is 10.2 Å². The van der Waals surface area contributed by atoms with Crippen molar-refractivity contribution in [2.75, 3.05) is 4.90 Å². The summed E-state index contributed by atoms with van der Waals surface area (Å²) in [6, 6.07) is 13.9. The third kappa shape index (κ3) is 1.04. The van der Waals surface area contributed by atoms with Gasteiger partial charge in [-0.05, 0) is 12.1 Å². The highest BCUT2D eigenvalue weighted by Crippen LogP contribution is 2.54. The number of aliphatic hydroxyl groups is 2. The van der Waals surface area contributed by atoms with Crippen LogP contribution in [0.5, 0.6) is 0 Å². The number of rotatable bonds is 0. The Morgan fingerprint density at radius 1 is 1.05 bits per heavy atom. The molecule has 0 fully saturated rings. The monoisotopic (exact) mass is 253 g/mol. The van der Waals surface area contributed by atoms with E-state index in [1.807, 2.05) is 0 Å². The topological polar surface area (TPSA) is 60.8 Å². The smallest absolute Gasteiger partial charge is 0.261 e. The molecule has 2 heterocycles. The van der Waals surface area contributed by atoms with Crippen LogP contribution in [-0.2, 0) is 5.72 Å². The first-order valence-corrected chi connectivity index (χ1v) is 6.09. The maximum atomic E-state index is 12.4. The van der Waals surface area contributed by atoms with Crippen LogP contribution in [-0.4, -0.2) is 16.1 Å². The van der Waals surface area contributed by atoms with E-state index >= 15 is 0 Å². The van der Waals surface area contributed by atoms with Gasteiger partial charge in [-0.3, -0.25) is 9.69 Å². The lowest BCUT2D eigenvalue weighted by Gasteiger charge is -2.29. The average Bonchev–Trinajstić information content (AvgIpc) is 2.82. The summed E-state index contributed by atoms with van der Waals surface area (Å²) in [4.78, 5) is 13.7. The number of anilines is 1. The van der Waals surface area contributed by atoms with Gasteiger partial charge in [0.05, 0.1) is 5.69 Å². The molecular weight excluding hydrogens is 242 g/mol. The lowest BCUT2D eigenvalue weighted by atomic mass is 9.94. The molecule has 0 bridgehead atoms. The predicted octanol–water partition coefficient (Wildman–Crippen LogP) is 1.54. The minimum Gasteiger partial charge on any atom is -0.383 e. The van der Waals surface area contributed by atoms with Gasteiger partial charge in [0, 0.05) is 16.7 Å². The third-order valence-electron chi connectivity index (χ3n) is 3.95. The van der Waals surface area contributed by atoms with Gasteiger partial charge in [-0.2, -0.15) is 0 Å². The van der Waals surface area contributed by atoms with Crippen molar-refractivity contribution in [3.05, 3.63) is 65.2 Å². The fourth-order valence-corrected chi connectivity index (χ4v) is 3.09. The summed E-state index contributed by atoms with van der Waals surface area (Å²) in [6.45, 7) is 0. The van der Waals surface area contributed by atoms with Crippen LogP contribution in [0.15, 0.2) is 48.5 Å². The van der Waals surface area contributed by atoms with E-state index < -0.39 is 11.8 Å². The molecule has 4 nitrogen and oxygen atoms in total. The quantitative estimate of drug-likeness (QED) is 0.748. The van der Waals surface area contributed by atoms with Crippen molar-refractivity contribution < 1.29 is 15.0 Å². The number of aliphatic hydroxyl groups excluding tert-OH is 1. The van der Waals surface area contributed by atoms with Crippen molar-refractivity contribution in [3.63, 3.8) is 0 Å². The van der Waals surface area contributed by atoms with Crippen molar-refractivity contribution in [3.8, 4) is 0 Å². The molecule has 2 aliphatic rings. The second kappa shape index (κ2) is 3.23. The van der Waals surface area contributed by atoms with Crippen LogP contribution in [0.3, 0.4) is 0 Å². The van der Waals surface area contributed by atoms with Gasteiger partial charge in [-0.15, -0.1) is 0 Å². The lowest BCUT2D eigenvalue weighted by Crippen LogP contribution is -2.43. The van der Waals surface area contributed by atoms with E-state index in [2.05, 4.69) is 0 Å². The van der Waals surface area contributed by atoms with Crippen LogP contribution in [0.25, 0.3) is 0 Å². The lowest BCUT2D eigenvalue weighted by molar-refractivity contribution is -0.0643. The SMILES string of the molecule is O=C1c2ccccc2C2(O)C(O)c3ccccc3N12. The third-order valence-corrected chi connectivity index (χ3v) is 3.95. The summed E-state index contributed by atoms with van der Waals surface area (Å²) in [7, 11) is 0. The molecule has 2 N–H and O–H groups in total. The number of fused-ring (bicyclic) bond motifs is 5. The molecule has 2 aliphatic heterocycles. The number of carbonyl (C=O) groups excluding carboxylic acids is 1. The fourth-order valence-electron chi connectivity index (χ4n) is 3.09. The highest BCUT2D eigenvalue weighted by molar-refractivity contribution is 6.13. The van der Waals surface area contributed by atoms with Crippen molar-refractivity contribution >= 4 is 11.6 Å². The molecule has 0 saturated carbocycles. The molecule has 19 heavy (non-hydrogen) atoms. The molecule has 0 aliphatic carbocycles. The second-order valence-electron chi connectivity index (χ2n) is 4.87. The molecule has 0 radical (unpaired) electrons. The van der Waals surface area contributed by atoms with Crippen molar-refractivity contribution in [1.29, 1.82) is 0 Å². The van der Waals surface area contributed by atoms with Gasteiger partial charge in [0.1, 0.15) is 6.10 Å². The summed E-state index contributed by atoms with van der Waals surface area (Å²) >= 11 is 0. The maximum Gasteiger partial charge on any atom is 0.261 e. The molecule has 1 amide bonds. The first-order valence-electron chi connectivity index (χ1n) is 6.09.